The first-order valence-electron chi connectivity index (χ1n) is 11.0. The summed E-state index contributed by atoms with van der Waals surface area (Å²) in [4.78, 5) is 29.8. The van der Waals surface area contributed by atoms with E-state index < -0.39 is 5.97 Å². The van der Waals surface area contributed by atoms with Crippen LogP contribution in [0.2, 0.25) is 0 Å². The standard InChI is InChI=1S/C24H28N2O4S/c27-21(28)15-30-18-12-10-16(11-13-18)14-25-24-22(19-8-4-5-9-20(19)31-24)23(29)26-17-6-2-1-3-7-17/h10-14,17H,1-9,15H2,(H,26,29)(H,27,28). The third-order valence-electron chi connectivity index (χ3n) is 5.89. The van der Waals surface area contributed by atoms with Crippen molar-refractivity contribution in [2.45, 2.75) is 63.8 Å². The second-order valence-electron chi connectivity index (χ2n) is 8.21. The Bertz CT molecular complexity index is 959. The van der Waals surface area contributed by atoms with Crippen molar-refractivity contribution in [1.29, 1.82) is 0 Å². The van der Waals surface area contributed by atoms with E-state index in [4.69, 9.17) is 14.8 Å². The molecule has 1 heterocycles. The first kappa shape index (κ1) is 21.6. The number of carbonyl (C=O) groups is 2. The zero-order valence-electron chi connectivity index (χ0n) is 17.6. The van der Waals surface area contributed by atoms with Crippen LogP contribution in [0, 0.1) is 0 Å². The highest BCUT2D eigenvalue weighted by Gasteiger charge is 2.27. The number of hydrogen-bond acceptors (Lipinski definition) is 5. The van der Waals surface area contributed by atoms with E-state index in [2.05, 4.69) is 5.32 Å². The lowest BCUT2D eigenvalue weighted by atomic mass is 9.93. The zero-order chi connectivity index (χ0) is 21.6. The molecule has 0 spiro atoms. The highest BCUT2D eigenvalue weighted by molar-refractivity contribution is 7.16. The molecule has 1 aromatic carbocycles. The van der Waals surface area contributed by atoms with Gasteiger partial charge in [0.25, 0.3) is 5.91 Å². The molecule has 2 aliphatic rings. The van der Waals surface area contributed by atoms with Gasteiger partial charge in [0, 0.05) is 17.1 Å². The summed E-state index contributed by atoms with van der Waals surface area (Å²) in [6, 6.07) is 7.38. The third kappa shape index (κ3) is 5.53. The first-order chi connectivity index (χ1) is 15.1. The summed E-state index contributed by atoms with van der Waals surface area (Å²) in [6.45, 7) is -0.367. The predicted molar refractivity (Wildman–Crippen MR) is 122 cm³/mol. The molecule has 1 amide bonds. The van der Waals surface area contributed by atoms with E-state index in [-0.39, 0.29) is 18.6 Å². The fraction of sp³-hybridized carbons (Fsp3) is 0.458. The summed E-state index contributed by atoms with van der Waals surface area (Å²) < 4.78 is 5.17. The minimum atomic E-state index is -1.01. The Morgan fingerprint density at radius 2 is 1.84 bits per heavy atom. The van der Waals surface area contributed by atoms with Gasteiger partial charge in [0.05, 0.1) is 5.56 Å². The van der Waals surface area contributed by atoms with Gasteiger partial charge in [-0.1, -0.05) is 19.3 Å². The molecular weight excluding hydrogens is 412 g/mol. The topological polar surface area (TPSA) is 88.0 Å². The van der Waals surface area contributed by atoms with Crippen molar-refractivity contribution in [2.24, 2.45) is 4.99 Å². The molecule has 1 aromatic heterocycles. The van der Waals surface area contributed by atoms with Gasteiger partial charge >= 0.3 is 5.97 Å². The molecule has 0 atom stereocenters. The molecule has 31 heavy (non-hydrogen) atoms. The molecule has 164 valence electrons. The Hall–Kier alpha value is -2.67. The van der Waals surface area contributed by atoms with E-state index >= 15 is 0 Å². The highest BCUT2D eigenvalue weighted by Crippen LogP contribution is 2.40. The van der Waals surface area contributed by atoms with Crippen molar-refractivity contribution < 1.29 is 19.4 Å². The number of thiophene rings is 1. The monoisotopic (exact) mass is 440 g/mol. The second kappa shape index (κ2) is 10.1. The minimum Gasteiger partial charge on any atom is -0.482 e. The van der Waals surface area contributed by atoms with Gasteiger partial charge in [0.2, 0.25) is 0 Å². The number of carboxylic acids is 1. The Labute approximate surface area is 186 Å². The fourth-order valence-electron chi connectivity index (χ4n) is 4.31. The number of carbonyl (C=O) groups excluding carboxylic acids is 1. The van der Waals surface area contributed by atoms with Gasteiger partial charge in [-0.15, -0.1) is 11.3 Å². The van der Waals surface area contributed by atoms with Crippen LogP contribution in [0.1, 0.15) is 71.3 Å². The Balaban J connectivity index is 1.52. The van der Waals surface area contributed by atoms with E-state index in [0.29, 0.717) is 5.75 Å². The van der Waals surface area contributed by atoms with Gasteiger partial charge in [-0.2, -0.15) is 0 Å². The molecule has 0 radical (unpaired) electrons. The number of ether oxygens (including phenoxy) is 1. The van der Waals surface area contributed by atoms with Crippen molar-refractivity contribution in [1.82, 2.24) is 5.32 Å². The summed E-state index contributed by atoms with van der Waals surface area (Å²) in [6.07, 6.45) is 11.8. The van der Waals surface area contributed by atoms with Crippen LogP contribution < -0.4 is 10.1 Å². The number of nitrogens with one attached hydrogen (secondary N) is 1. The Morgan fingerprint density at radius 3 is 2.58 bits per heavy atom. The van der Waals surface area contributed by atoms with Gasteiger partial charge in [0.1, 0.15) is 10.8 Å². The molecule has 1 fully saturated rings. The van der Waals surface area contributed by atoms with Crippen LogP contribution in [0.15, 0.2) is 29.3 Å². The van der Waals surface area contributed by atoms with Crippen molar-refractivity contribution in [3.05, 3.63) is 45.8 Å². The summed E-state index contributed by atoms with van der Waals surface area (Å²) in [5, 5.41) is 12.8. The van der Waals surface area contributed by atoms with Crippen LogP contribution in [0.5, 0.6) is 5.75 Å². The van der Waals surface area contributed by atoms with Crippen molar-refractivity contribution in [3.63, 3.8) is 0 Å². The maximum absolute atomic E-state index is 13.2. The summed E-state index contributed by atoms with van der Waals surface area (Å²) >= 11 is 1.64. The average molecular weight is 441 g/mol. The van der Waals surface area contributed by atoms with Crippen LogP contribution in [-0.2, 0) is 17.6 Å². The number of rotatable bonds is 7. The van der Waals surface area contributed by atoms with Crippen LogP contribution in [0.3, 0.4) is 0 Å². The minimum absolute atomic E-state index is 0.0240. The summed E-state index contributed by atoms with van der Waals surface area (Å²) in [7, 11) is 0. The van der Waals surface area contributed by atoms with Gasteiger partial charge in [-0.3, -0.25) is 4.79 Å². The molecule has 1 saturated carbocycles. The van der Waals surface area contributed by atoms with Gasteiger partial charge in [0.15, 0.2) is 6.61 Å². The van der Waals surface area contributed by atoms with Crippen LogP contribution in [0.25, 0.3) is 0 Å². The SMILES string of the molecule is O=C(O)COc1ccc(C=Nc2sc3c(c2C(=O)NC2CCCCC2)CCCC3)cc1. The quantitative estimate of drug-likeness (QED) is 0.599. The molecule has 0 saturated heterocycles. The smallest absolute Gasteiger partial charge is 0.341 e. The Kier molecular flexibility index (Phi) is 7.02. The number of fused-ring (bicyclic) bond motifs is 1. The predicted octanol–water partition coefficient (Wildman–Crippen LogP) is 4.90. The van der Waals surface area contributed by atoms with Gasteiger partial charge in [-0.05, 0) is 73.9 Å². The van der Waals surface area contributed by atoms with Gasteiger partial charge in [-0.25, -0.2) is 9.79 Å². The molecule has 2 aromatic rings. The van der Waals surface area contributed by atoms with Crippen molar-refractivity contribution >= 4 is 34.4 Å². The molecule has 0 aliphatic heterocycles. The lowest BCUT2D eigenvalue weighted by Gasteiger charge is -2.23. The maximum Gasteiger partial charge on any atom is 0.341 e. The largest absolute Gasteiger partial charge is 0.482 e. The molecule has 6 nitrogen and oxygen atoms in total. The first-order valence-corrected chi connectivity index (χ1v) is 11.9. The van der Waals surface area contributed by atoms with Gasteiger partial charge < -0.3 is 15.2 Å². The van der Waals surface area contributed by atoms with E-state index in [1.807, 2.05) is 12.1 Å². The number of hydrogen-bond donors (Lipinski definition) is 2. The molecule has 7 heteroatoms. The lowest BCUT2D eigenvalue weighted by molar-refractivity contribution is -0.139. The lowest BCUT2D eigenvalue weighted by Crippen LogP contribution is -2.36. The van der Waals surface area contributed by atoms with Crippen LogP contribution >= 0.6 is 11.3 Å². The summed E-state index contributed by atoms with van der Waals surface area (Å²) in [5.41, 5.74) is 2.82. The highest BCUT2D eigenvalue weighted by atomic mass is 32.1. The number of aliphatic carboxylic acids is 1. The third-order valence-corrected chi connectivity index (χ3v) is 7.09. The molecule has 2 aliphatic carbocycles. The van der Waals surface area contributed by atoms with Crippen molar-refractivity contribution in [3.8, 4) is 5.75 Å². The molecule has 2 N–H and O–H groups in total. The number of aryl methyl sites for hydroxylation is 1. The fourth-order valence-corrected chi connectivity index (χ4v) is 5.54. The zero-order valence-corrected chi connectivity index (χ0v) is 18.4. The van der Waals surface area contributed by atoms with Crippen molar-refractivity contribution in [2.75, 3.05) is 6.61 Å². The second-order valence-corrected chi connectivity index (χ2v) is 9.29. The normalized spacial score (nSPS) is 16.8. The van der Waals surface area contributed by atoms with Crippen LogP contribution in [-0.4, -0.2) is 35.8 Å². The van der Waals surface area contributed by atoms with E-state index in [9.17, 15) is 9.59 Å². The average Bonchev–Trinajstić information content (AvgIpc) is 3.16. The van der Waals surface area contributed by atoms with E-state index in [1.165, 1.54) is 29.7 Å². The molecule has 4 rings (SSSR count). The molecular formula is C24H28N2O4S. The molecule has 0 unspecified atom stereocenters. The number of carboxylic acid groups (broad SMARTS) is 1. The number of nitrogens with zero attached hydrogens (tertiary/aromatic N) is 1. The number of amides is 1. The van der Waals surface area contributed by atoms with Crippen LogP contribution in [0.4, 0.5) is 5.00 Å². The number of aliphatic imine (C=N–C) groups is 1. The Morgan fingerprint density at radius 1 is 1.10 bits per heavy atom. The maximum atomic E-state index is 13.2. The van der Waals surface area contributed by atoms with E-state index in [0.717, 1.165) is 54.7 Å². The summed E-state index contributed by atoms with van der Waals surface area (Å²) in [5.74, 6) is -0.485. The number of benzene rings is 1. The van der Waals surface area contributed by atoms with E-state index in [1.54, 1.807) is 29.7 Å². The molecule has 0 bridgehead atoms.